The first-order valence-electron chi connectivity index (χ1n) is 6.16. The lowest BCUT2D eigenvalue weighted by molar-refractivity contribution is -0.139. The van der Waals surface area contributed by atoms with Gasteiger partial charge in [0.25, 0.3) is 0 Å². The predicted octanol–water partition coefficient (Wildman–Crippen LogP) is 3.54. The standard InChI is InChI=1S/C14H15BrN2O3/c1-14(2,8-12(18)19)7-11-16-13(17-20-11)9-3-5-10(15)6-4-9/h3-6H,7-8H2,1-2H3,(H,18,19). The monoisotopic (exact) mass is 338 g/mol. The van der Waals surface area contributed by atoms with Crippen LogP contribution in [0.3, 0.4) is 0 Å². The largest absolute Gasteiger partial charge is 0.481 e. The van der Waals surface area contributed by atoms with Gasteiger partial charge in [-0.3, -0.25) is 4.79 Å². The van der Waals surface area contributed by atoms with Crippen molar-refractivity contribution in [3.63, 3.8) is 0 Å². The predicted molar refractivity (Wildman–Crippen MR) is 77.2 cm³/mol. The van der Waals surface area contributed by atoms with Gasteiger partial charge in [0.05, 0.1) is 6.42 Å². The summed E-state index contributed by atoms with van der Waals surface area (Å²) in [5, 5.41) is 12.8. The third-order valence-electron chi connectivity index (χ3n) is 2.83. The first kappa shape index (κ1) is 14.7. The molecule has 1 aromatic heterocycles. The lowest BCUT2D eigenvalue weighted by atomic mass is 9.86. The molecule has 0 unspecified atom stereocenters. The Bertz CT molecular complexity index is 605. The fourth-order valence-corrected chi connectivity index (χ4v) is 2.19. The van der Waals surface area contributed by atoms with Crippen LogP contribution in [0.4, 0.5) is 0 Å². The molecule has 20 heavy (non-hydrogen) atoms. The molecule has 5 nitrogen and oxygen atoms in total. The van der Waals surface area contributed by atoms with Crippen molar-refractivity contribution < 1.29 is 14.4 Å². The SMILES string of the molecule is CC(C)(CC(=O)O)Cc1nc(-c2ccc(Br)cc2)no1. The van der Waals surface area contributed by atoms with Crippen LogP contribution in [0.1, 0.15) is 26.2 Å². The van der Waals surface area contributed by atoms with Crippen LogP contribution in [0.15, 0.2) is 33.3 Å². The Labute approximate surface area is 125 Å². The lowest BCUT2D eigenvalue weighted by Crippen LogP contribution is -2.19. The Hall–Kier alpha value is -1.69. The molecule has 0 aliphatic rings. The molecular weight excluding hydrogens is 324 g/mol. The van der Waals surface area contributed by atoms with E-state index >= 15 is 0 Å². The number of aliphatic carboxylic acids is 1. The molecule has 6 heteroatoms. The van der Waals surface area contributed by atoms with Gasteiger partial charge in [0.15, 0.2) is 0 Å². The normalized spacial score (nSPS) is 11.6. The minimum atomic E-state index is -0.831. The summed E-state index contributed by atoms with van der Waals surface area (Å²) in [6.07, 6.45) is 0.492. The summed E-state index contributed by atoms with van der Waals surface area (Å²) in [4.78, 5) is 15.1. The quantitative estimate of drug-likeness (QED) is 0.902. The molecule has 0 spiro atoms. The number of carboxylic acids is 1. The minimum Gasteiger partial charge on any atom is -0.481 e. The molecule has 1 aromatic carbocycles. The molecule has 1 heterocycles. The second kappa shape index (κ2) is 5.75. The van der Waals surface area contributed by atoms with E-state index in [2.05, 4.69) is 26.1 Å². The average molecular weight is 339 g/mol. The van der Waals surface area contributed by atoms with Crippen LogP contribution in [0.5, 0.6) is 0 Å². The third kappa shape index (κ3) is 3.90. The molecule has 0 aliphatic heterocycles. The molecule has 0 amide bonds. The molecule has 2 aromatic rings. The Balaban J connectivity index is 2.13. The van der Waals surface area contributed by atoms with Crippen molar-refractivity contribution >= 4 is 21.9 Å². The van der Waals surface area contributed by atoms with Crippen LogP contribution in [-0.4, -0.2) is 21.2 Å². The van der Waals surface area contributed by atoms with Gasteiger partial charge in [-0.05, 0) is 29.7 Å². The summed E-state index contributed by atoms with van der Waals surface area (Å²) in [7, 11) is 0. The average Bonchev–Trinajstić information content (AvgIpc) is 2.75. The molecule has 106 valence electrons. The summed E-state index contributed by atoms with van der Waals surface area (Å²) in [5.41, 5.74) is 0.439. The summed E-state index contributed by atoms with van der Waals surface area (Å²) >= 11 is 3.37. The van der Waals surface area contributed by atoms with Gasteiger partial charge in [-0.1, -0.05) is 34.9 Å². The van der Waals surface area contributed by atoms with Gasteiger partial charge in [0.2, 0.25) is 11.7 Å². The van der Waals surface area contributed by atoms with E-state index in [1.165, 1.54) is 0 Å². The van der Waals surface area contributed by atoms with Gasteiger partial charge in [-0.2, -0.15) is 4.98 Å². The second-order valence-electron chi connectivity index (χ2n) is 5.43. The number of carbonyl (C=O) groups is 1. The highest BCUT2D eigenvalue weighted by molar-refractivity contribution is 9.10. The van der Waals surface area contributed by atoms with E-state index < -0.39 is 11.4 Å². The van der Waals surface area contributed by atoms with Crippen LogP contribution in [0, 0.1) is 5.41 Å². The minimum absolute atomic E-state index is 0.0585. The molecule has 0 aliphatic carbocycles. The molecule has 0 saturated heterocycles. The van der Waals surface area contributed by atoms with Crippen LogP contribution in [-0.2, 0) is 11.2 Å². The van der Waals surface area contributed by atoms with Crippen LogP contribution >= 0.6 is 15.9 Å². The fraction of sp³-hybridized carbons (Fsp3) is 0.357. The van der Waals surface area contributed by atoms with Crippen molar-refractivity contribution in [2.45, 2.75) is 26.7 Å². The van der Waals surface area contributed by atoms with E-state index in [0.717, 1.165) is 10.0 Å². The number of halogens is 1. The molecule has 0 atom stereocenters. The Morgan fingerprint density at radius 1 is 1.35 bits per heavy atom. The van der Waals surface area contributed by atoms with Crippen LogP contribution < -0.4 is 0 Å². The zero-order valence-electron chi connectivity index (χ0n) is 11.3. The number of hydrogen-bond acceptors (Lipinski definition) is 4. The van der Waals surface area contributed by atoms with Crippen molar-refractivity contribution in [1.29, 1.82) is 0 Å². The molecule has 2 rings (SSSR count). The Morgan fingerprint density at radius 3 is 2.60 bits per heavy atom. The maximum Gasteiger partial charge on any atom is 0.303 e. The number of carboxylic acid groups (broad SMARTS) is 1. The van der Waals surface area contributed by atoms with E-state index in [4.69, 9.17) is 9.63 Å². The van der Waals surface area contributed by atoms with Gasteiger partial charge in [0, 0.05) is 16.5 Å². The number of rotatable bonds is 5. The lowest BCUT2D eigenvalue weighted by Gasteiger charge is -2.19. The molecule has 0 radical (unpaired) electrons. The molecule has 1 N–H and O–H groups in total. The van der Waals surface area contributed by atoms with E-state index in [1.807, 2.05) is 38.1 Å². The van der Waals surface area contributed by atoms with E-state index in [1.54, 1.807) is 0 Å². The van der Waals surface area contributed by atoms with Crippen molar-refractivity contribution in [1.82, 2.24) is 10.1 Å². The first-order valence-corrected chi connectivity index (χ1v) is 6.95. The summed E-state index contributed by atoms with van der Waals surface area (Å²) in [6, 6.07) is 7.59. The Kier molecular flexibility index (Phi) is 4.23. The van der Waals surface area contributed by atoms with Gasteiger partial charge in [-0.25, -0.2) is 0 Å². The molecule has 0 bridgehead atoms. The van der Waals surface area contributed by atoms with Gasteiger partial charge in [0.1, 0.15) is 0 Å². The highest BCUT2D eigenvalue weighted by Gasteiger charge is 2.25. The number of hydrogen-bond donors (Lipinski definition) is 1. The van der Waals surface area contributed by atoms with Gasteiger partial charge >= 0.3 is 5.97 Å². The highest BCUT2D eigenvalue weighted by atomic mass is 79.9. The number of benzene rings is 1. The maximum absolute atomic E-state index is 10.8. The molecule has 0 fully saturated rings. The summed E-state index contributed by atoms with van der Waals surface area (Å²) in [5.74, 6) is 0.135. The first-order chi connectivity index (χ1) is 9.35. The van der Waals surface area contributed by atoms with E-state index in [-0.39, 0.29) is 6.42 Å². The number of nitrogens with zero attached hydrogens (tertiary/aromatic N) is 2. The van der Waals surface area contributed by atoms with Crippen LogP contribution in [0.25, 0.3) is 11.4 Å². The summed E-state index contributed by atoms with van der Waals surface area (Å²) in [6.45, 7) is 3.73. The molecular formula is C14H15BrN2O3. The second-order valence-corrected chi connectivity index (χ2v) is 6.35. The molecule has 0 saturated carbocycles. The van der Waals surface area contributed by atoms with Crippen molar-refractivity contribution in [2.24, 2.45) is 5.41 Å². The van der Waals surface area contributed by atoms with Gasteiger partial charge < -0.3 is 9.63 Å². The van der Waals surface area contributed by atoms with E-state index in [0.29, 0.717) is 18.1 Å². The maximum atomic E-state index is 10.8. The smallest absolute Gasteiger partial charge is 0.303 e. The Morgan fingerprint density at radius 2 is 2.00 bits per heavy atom. The fourth-order valence-electron chi connectivity index (χ4n) is 1.92. The van der Waals surface area contributed by atoms with Crippen molar-refractivity contribution in [2.75, 3.05) is 0 Å². The number of aromatic nitrogens is 2. The van der Waals surface area contributed by atoms with Crippen molar-refractivity contribution in [3.8, 4) is 11.4 Å². The summed E-state index contributed by atoms with van der Waals surface area (Å²) < 4.78 is 6.18. The topological polar surface area (TPSA) is 76.2 Å². The third-order valence-corrected chi connectivity index (χ3v) is 3.36. The van der Waals surface area contributed by atoms with E-state index in [9.17, 15) is 4.79 Å². The van der Waals surface area contributed by atoms with Crippen LogP contribution in [0.2, 0.25) is 0 Å². The zero-order valence-corrected chi connectivity index (χ0v) is 12.8. The van der Waals surface area contributed by atoms with Gasteiger partial charge in [-0.15, -0.1) is 0 Å². The highest BCUT2D eigenvalue weighted by Crippen LogP contribution is 2.26. The zero-order chi connectivity index (χ0) is 14.8. The van der Waals surface area contributed by atoms with Crippen molar-refractivity contribution in [3.05, 3.63) is 34.6 Å².